The van der Waals surface area contributed by atoms with Crippen LogP contribution in [0.1, 0.15) is 30.5 Å². The molecule has 1 aromatic heterocycles. The first-order valence-electron chi connectivity index (χ1n) is 13.2. The maximum Gasteiger partial charge on any atom is 0.308 e. The highest BCUT2D eigenvalue weighted by atomic mass is 16.5. The third-order valence-electron chi connectivity index (χ3n) is 6.71. The van der Waals surface area contributed by atoms with Crippen LogP contribution < -0.4 is 4.74 Å². The van der Waals surface area contributed by atoms with Gasteiger partial charge in [0.1, 0.15) is 18.9 Å². The Bertz CT molecular complexity index is 1350. The molecule has 6 nitrogen and oxygen atoms in total. The molecule has 1 amide bonds. The average molecular weight is 513 g/mol. The van der Waals surface area contributed by atoms with Gasteiger partial charge in [0.15, 0.2) is 0 Å². The second kappa shape index (κ2) is 13.0. The Morgan fingerprint density at radius 2 is 1.63 bits per heavy atom. The summed E-state index contributed by atoms with van der Waals surface area (Å²) in [4.78, 5) is 27.3. The predicted octanol–water partition coefficient (Wildman–Crippen LogP) is 5.66. The van der Waals surface area contributed by atoms with Crippen molar-refractivity contribution in [1.29, 1.82) is 0 Å². The SMILES string of the molecule is CCOC(=O)C(C)Cc1cn(CC(=O)N(C)CCc2ccccc2)c2ccc(OCc3ccccc3)cc12. The van der Waals surface area contributed by atoms with E-state index in [0.29, 0.717) is 26.2 Å². The number of aromatic nitrogens is 1. The van der Waals surface area contributed by atoms with Gasteiger partial charge in [0, 0.05) is 30.7 Å². The van der Waals surface area contributed by atoms with Gasteiger partial charge in [-0.3, -0.25) is 9.59 Å². The second-order valence-corrected chi connectivity index (χ2v) is 9.64. The number of amides is 1. The van der Waals surface area contributed by atoms with Crippen molar-refractivity contribution in [3.63, 3.8) is 0 Å². The Labute approximate surface area is 224 Å². The first kappa shape index (κ1) is 27.0. The number of carbonyl (C=O) groups is 2. The molecule has 6 heteroatoms. The number of fused-ring (bicyclic) bond motifs is 1. The largest absolute Gasteiger partial charge is 0.489 e. The van der Waals surface area contributed by atoms with Gasteiger partial charge < -0.3 is 18.9 Å². The van der Waals surface area contributed by atoms with Crippen molar-refractivity contribution in [2.75, 3.05) is 20.2 Å². The summed E-state index contributed by atoms with van der Waals surface area (Å²) in [6, 6.07) is 26.1. The number of carbonyl (C=O) groups excluding carboxylic acids is 2. The van der Waals surface area contributed by atoms with Crippen LogP contribution in [0, 0.1) is 5.92 Å². The van der Waals surface area contributed by atoms with Crippen molar-refractivity contribution in [2.45, 2.75) is 39.8 Å². The van der Waals surface area contributed by atoms with Crippen LogP contribution in [-0.2, 0) is 40.3 Å². The summed E-state index contributed by atoms with van der Waals surface area (Å²) in [6.07, 6.45) is 3.31. The first-order valence-corrected chi connectivity index (χ1v) is 13.2. The van der Waals surface area contributed by atoms with Crippen molar-refractivity contribution in [3.05, 3.63) is 102 Å². The quantitative estimate of drug-likeness (QED) is 0.230. The van der Waals surface area contributed by atoms with E-state index in [4.69, 9.17) is 9.47 Å². The molecule has 38 heavy (non-hydrogen) atoms. The Balaban J connectivity index is 1.53. The summed E-state index contributed by atoms with van der Waals surface area (Å²) in [5, 5.41) is 0.978. The van der Waals surface area contributed by atoms with Crippen molar-refractivity contribution >= 4 is 22.8 Å². The molecule has 1 unspecified atom stereocenters. The van der Waals surface area contributed by atoms with Gasteiger partial charge >= 0.3 is 5.97 Å². The smallest absolute Gasteiger partial charge is 0.308 e. The van der Waals surface area contributed by atoms with E-state index in [1.807, 2.05) is 98.4 Å². The molecular formula is C32H36N2O4. The fourth-order valence-corrected chi connectivity index (χ4v) is 4.50. The fraction of sp³-hybridized carbons (Fsp3) is 0.312. The van der Waals surface area contributed by atoms with Crippen molar-refractivity contribution < 1.29 is 19.1 Å². The molecule has 0 N–H and O–H groups in total. The molecule has 0 aliphatic carbocycles. The minimum absolute atomic E-state index is 0.0345. The topological polar surface area (TPSA) is 60.8 Å². The van der Waals surface area contributed by atoms with Gasteiger partial charge in [-0.05, 0) is 54.7 Å². The maximum absolute atomic E-state index is 13.1. The third kappa shape index (κ3) is 7.03. The van der Waals surface area contributed by atoms with E-state index in [9.17, 15) is 9.59 Å². The molecule has 0 bridgehead atoms. The maximum atomic E-state index is 13.1. The number of esters is 1. The highest BCUT2D eigenvalue weighted by Crippen LogP contribution is 2.29. The van der Waals surface area contributed by atoms with Crippen molar-refractivity contribution in [1.82, 2.24) is 9.47 Å². The lowest BCUT2D eigenvalue weighted by Gasteiger charge is -2.18. The van der Waals surface area contributed by atoms with Crippen LogP contribution in [0.25, 0.3) is 10.9 Å². The summed E-state index contributed by atoms with van der Waals surface area (Å²) in [5.41, 5.74) is 4.22. The molecule has 1 atom stereocenters. The molecule has 0 saturated carbocycles. The normalized spacial score (nSPS) is 11.8. The Kier molecular flexibility index (Phi) is 9.20. The van der Waals surface area contributed by atoms with Gasteiger partial charge in [0.2, 0.25) is 5.91 Å². The van der Waals surface area contributed by atoms with Crippen LogP contribution >= 0.6 is 0 Å². The highest BCUT2D eigenvalue weighted by Gasteiger charge is 2.20. The lowest BCUT2D eigenvalue weighted by atomic mass is 10.0. The molecule has 198 valence electrons. The van der Waals surface area contributed by atoms with Crippen LogP contribution in [-0.4, -0.2) is 41.5 Å². The molecule has 0 fully saturated rings. The number of nitrogens with zero attached hydrogens (tertiary/aromatic N) is 2. The predicted molar refractivity (Wildman–Crippen MR) is 150 cm³/mol. The molecule has 1 heterocycles. The van der Waals surface area contributed by atoms with Crippen LogP contribution in [0.3, 0.4) is 0 Å². The third-order valence-corrected chi connectivity index (χ3v) is 6.71. The summed E-state index contributed by atoms with van der Waals surface area (Å²) in [7, 11) is 1.84. The minimum Gasteiger partial charge on any atom is -0.489 e. The molecule has 0 spiro atoms. The molecule has 4 aromatic rings. The standard InChI is InChI=1S/C32H36N2O4/c1-4-37-32(36)24(2)19-27-21-34(22-31(35)33(3)18-17-25-11-7-5-8-12-25)30-16-15-28(20-29(27)30)38-23-26-13-9-6-10-14-26/h5-16,20-21,24H,4,17-19,22-23H2,1-3H3. The Morgan fingerprint density at radius 3 is 2.32 bits per heavy atom. The van der Waals surface area contributed by atoms with Gasteiger partial charge in [-0.25, -0.2) is 0 Å². The van der Waals surface area contributed by atoms with Gasteiger partial charge in [-0.1, -0.05) is 67.6 Å². The van der Waals surface area contributed by atoms with Crippen molar-refractivity contribution in [3.8, 4) is 5.75 Å². The molecule has 0 aliphatic heterocycles. The van der Waals surface area contributed by atoms with Gasteiger partial charge in [0.05, 0.1) is 12.5 Å². The summed E-state index contributed by atoms with van der Waals surface area (Å²) in [5.74, 6) is 0.261. The summed E-state index contributed by atoms with van der Waals surface area (Å²) in [6.45, 7) is 5.37. The van der Waals surface area contributed by atoms with Crippen LogP contribution in [0.15, 0.2) is 85.1 Å². The van der Waals surface area contributed by atoms with E-state index < -0.39 is 0 Å². The number of hydrogen-bond acceptors (Lipinski definition) is 4. The van der Waals surface area contributed by atoms with Crippen LogP contribution in [0.4, 0.5) is 0 Å². The van der Waals surface area contributed by atoms with Gasteiger partial charge in [-0.2, -0.15) is 0 Å². The lowest BCUT2D eigenvalue weighted by molar-refractivity contribution is -0.147. The van der Waals surface area contributed by atoms with E-state index in [2.05, 4.69) is 12.1 Å². The molecule has 0 saturated heterocycles. The van der Waals surface area contributed by atoms with E-state index in [1.165, 1.54) is 5.56 Å². The molecule has 4 rings (SSSR count). The summed E-state index contributed by atoms with van der Waals surface area (Å²) < 4.78 is 13.3. The molecule has 3 aromatic carbocycles. The second-order valence-electron chi connectivity index (χ2n) is 9.64. The fourth-order valence-electron chi connectivity index (χ4n) is 4.50. The van der Waals surface area contributed by atoms with E-state index in [0.717, 1.165) is 34.2 Å². The van der Waals surface area contributed by atoms with Gasteiger partial charge in [-0.15, -0.1) is 0 Å². The van der Waals surface area contributed by atoms with Gasteiger partial charge in [0.25, 0.3) is 0 Å². The zero-order valence-corrected chi connectivity index (χ0v) is 22.4. The Hall–Kier alpha value is -4.06. The Morgan fingerprint density at radius 1 is 0.947 bits per heavy atom. The zero-order chi connectivity index (χ0) is 26.9. The van der Waals surface area contributed by atoms with Crippen LogP contribution in [0.5, 0.6) is 5.75 Å². The summed E-state index contributed by atoms with van der Waals surface area (Å²) >= 11 is 0. The minimum atomic E-state index is -0.299. The van der Waals surface area contributed by atoms with Crippen LogP contribution in [0.2, 0.25) is 0 Å². The molecular weight excluding hydrogens is 476 g/mol. The van der Waals surface area contributed by atoms with E-state index in [-0.39, 0.29) is 24.3 Å². The van der Waals surface area contributed by atoms with Crippen molar-refractivity contribution in [2.24, 2.45) is 5.92 Å². The lowest BCUT2D eigenvalue weighted by Crippen LogP contribution is -2.31. The monoisotopic (exact) mass is 512 g/mol. The number of ether oxygens (including phenoxy) is 2. The molecule has 0 aliphatic rings. The average Bonchev–Trinajstić information content (AvgIpc) is 3.27. The highest BCUT2D eigenvalue weighted by molar-refractivity contribution is 5.88. The zero-order valence-electron chi connectivity index (χ0n) is 22.4. The molecule has 0 radical (unpaired) electrons. The van der Waals surface area contributed by atoms with E-state index in [1.54, 1.807) is 4.90 Å². The number of likely N-dealkylation sites (N-methyl/N-ethyl adjacent to an activating group) is 1. The van der Waals surface area contributed by atoms with E-state index >= 15 is 0 Å². The number of rotatable bonds is 12. The number of benzene rings is 3. The number of hydrogen-bond donors (Lipinski definition) is 0. The first-order chi connectivity index (χ1) is 18.4.